The first-order valence-corrected chi connectivity index (χ1v) is 6.73. The summed E-state index contributed by atoms with van der Waals surface area (Å²) in [7, 11) is 3.06. The second-order valence-corrected chi connectivity index (χ2v) is 5.08. The maximum Gasteiger partial charge on any atom is 0.332 e. The van der Waals surface area contributed by atoms with Crippen molar-refractivity contribution in [2.24, 2.45) is 14.1 Å². The lowest BCUT2D eigenvalue weighted by molar-refractivity contribution is 0.707. The van der Waals surface area contributed by atoms with Gasteiger partial charge in [-0.15, -0.1) is 0 Å². The summed E-state index contributed by atoms with van der Waals surface area (Å²) in [6.45, 7) is 1.86. The van der Waals surface area contributed by atoms with Gasteiger partial charge in [-0.2, -0.15) is 0 Å². The molecule has 0 fully saturated rings. The molecule has 0 unspecified atom stereocenters. The third kappa shape index (κ3) is 2.07. The van der Waals surface area contributed by atoms with Gasteiger partial charge in [-0.25, -0.2) is 9.78 Å². The molecule has 0 saturated heterocycles. The van der Waals surface area contributed by atoms with Gasteiger partial charge in [-0.3, -0.25) is 18.9 Å². The van der Waals surface area contributed by atoms with Crippen molar-refractivity contribution in [3.63, 3.8) is 0 Å². The van der Waals surface area contributed by atoms with Gasteiger partial charge in [-0.1, -0.05) is 0 Å². The van der Waals surface area contributed by atoms with Crippen LogP contribution in [-0.4, -0.2) is 19.1 Å². The van der Waals surface area contributed by atoms with E-state index in [0.29, 0.717) is 16.7 Å². The Balaban J connectivity index is 2.37. The summed E-state index contributed by atoms with van der Waals surface area (Å²) in [5.41, 5.74) is 1.86. The Bertz CT molecular complexity index is 973. The zero-order chi connectivity index (χ0) is 15.9. The van der Waals surface area contributed by atoms with Crippen LogP contribution in [0.2, 0.25) is 0 Å². The van der Waals surface area contributed by atoms with E-state index in [1.54, 1.807) is 37.8 Å². The molecule has 0 amide bonds. The highest BCUT2D eigenvalue weighted by Crippen LogP contribution is 2.25. The first kappa shape index (κ1) is 14.0. The third-order valence-corrected chi connectivity index (χ3v) is 3.61. The minimum Gasteiger partial charge on any atom is -0.354 e. The average Bonchev–Trinajstić information content (AvgIpc) is 2.53. The van der Waals surface area contributed by atoms with Crippen LogP contribution in [0.5, 0.6) is 0 Å². The van der Waals surface area contributed by atoms with E-state index >= 15 is 0 Å². The number of nitrogens with one attached hydrogen (secondary N) is 1. The summed E-state index contributed by atoms with van der Waals surface area (Å²) >= 11 is 0. The first-order chi connectivity index (χ1) is 10.5. The molecule has 0 saturated carbocycles. The largest absolute Gasteiger partial charge is 0.354 e. The molecule has 0 spiro atoms. The number of anilines is 2. The first-order valence-electron chi connectivity index (χ1n) is 6.73. The molecule has 7 nitrogen and oxygen atoms in total. The Morgan fingerprint density at radius 1 is 1.09 bits per heavy atom. The van der Waals surface area contributed by atoms with Crippen LogP contribution in [0.25, 0.3) is 11.0 Å². The van der Waals surface area contributed by atoms with Crippen LogP contribution in [-0.2, 0) is 14.1 Å². The number of rotatable bonds is 2. The van der Waals surface area contributed by atoms with Crippen LogP contribution in [0.1, 0.15) is 5.56 Å². The number of aromatic nitrogens is 4. The Hall–Kier alpha value is -2.96. The van der Waals surface area contributed by atoms with Gasteiger partial charge in [0.2, 0.25) is 0 Å². The predicted octanol–water partition coefficient (Wildman–Crippen LogP) is 1.08. The van der Waals surface area contributed by atoms with Gasteiger partial charge in [0.15, 0.2) is 5.65 Å². The fourth-order valence-corrected chi connectivity index (χ4v) is 2.36. The van der Waals surface area contributed by atoms with Crippen LogP contribution in [0, 0.1) is 6.92 Å². The molecule has 0 aliphatic heterocycles. The van der Waals surface area contributed by atoms with Crippen molar-refractivity contribution in [2.45, 2.75) is 6.92 Å². The van der Waals surface area contributed by atoms with E-state index in [4.69, 9.17) is 0 Å². The quantitative estimate of drug-likeness (QED) is 0.765. The van der Waals surface area contributed by atoms with Gasteiger partial charge in [0.05, 0.1) is 5.69 Å². The highest BCUT2D eigenvalue weighted by Gasteiger charge is 2.15. The van der Waals surface area contributed by atoms with Crippen molar-refractivity contribution >= 4 is 22.4 Å². The molecule has 0 bridgehead atoms. The summed E-state index contributed by atoms with van der Waals surface area (Å²) in [6.07, 6.45) is 4.97. The highest BCUT2D eigenvalue weighted by molar-refractivity contribution is 5.92. The Labute approximate surface area is 125 Å². The van der Waals surface area contributed by atoms with Crippen molar-refractivity contribution in [2.75, 3.05) is 5.32 Å². The van der Waals surface area contributed by atoms with Crippen molar-refractivity contribution in [1.82, 2.24) is 19.1 Å². The van der Waals surface area contributed by atoms with Gasteiger partial charge in [0, 0.05) is 38.4 Å². The second-order valence-electron chi connectivity index (χ2n) is 5.08. The lowest BCUT2D eigenvalue weighted by Crippen LogP contribution is -2.37. The standard InChI is InChI=1S/C15H15N5O2/c1-9-8-17-13-11(14(21)20(3)15(22)19(13)2)12(9)18-10-4-6-16-7-5-10/h4-8H,1-3H3,(H,16,17,18). The van der Waals surface area contributed by atoms with Crippen molar-refractivity contribution in [3.05, 3.63) is 57.1 Å². The Morgan fingerprint density at radius 3 is 2.45 bits per heavy atom. The summed E-state index contributed by atoms with van der Waals surface area (Å²) in [4.78, 5) is 32.7. The van der Waals surface area contributed by atoms with E-state index in [0.717, 1.165) is 15.8 Å². The van der Waals surface area contributed by atoms with E-state index in [2.05, 4.69) is 15.3 Å². The minimum absolute atomic E-state index is 0.357. The summed E-state index contributed by atoms with van der Waals surface area (Å²) in [5, 5.41) is 3.61. The number of fused-ring (bicyclic) bond motifs is 1. The van der Waals surface area contributed by atoms with Crippen molar-refractivity contribution in [1.29, 1.82) is 0 Å². The third-order valence-electron chi connectivity index (χ3n) is 3.61. The lowest BCUT2D eigenvalue weighted by Gasteiger charge is -2.14. The number of hydrogen-bond donors (Lipinski definition) is 1. The summed E-state index contributed by atoms with van der Waals surface area (Å²) in [5.74, 6) is 0. The van der Waals surface area contributed by atoms with E-state index < -0.39 is 5.69 Å². The topological polar surface area (TPSA) is 81.8 Å². The minimum atomic E-state index is -0.399. The molecule has 0 radical (unpaired) electrons. The molecule has 3 aromatic rings. The molecule has 3 aromatic heterocycles. The zero-order valence-corrected chi connectivity index (χ0v) is 12.5. The molecule has 7 heteroatoms. The molecule has 112 valence electrons. The van der Waals surface area contributed by atoms with Gasteiger partial charge in [-0.05, 0) is 24.6 Å². The van der Waals surface area contributed by atoms with Crippen LogP contribution >= 0.6 is 0 Å². The molecule has 22 heavy (non-hydrogen) atoms. The van der Waals surface area contributed by atoms with E-state index in [1.165, 1.54) is 11.6 Å². The summed E-state index contributed by atoms with van der Waals surface area (Å²) < 4.78 is 2.45. The Kier molecular flexibility index (Phi) is 3.25. The lowest BCUT2D eigenvalue weighted by atomic mass is 10.2. The number of aryl methyl sites for hydroxylation is 2. The normalized spacial score (nSPS) is 10.9. The molecule has 0 aromatic carbocycles. The Morgan fingerprint density at radius 2 is 1.77 bits per heavy atom. The molecular formula is C15H15N5O2. The maximum atomic E-state index is 12.5. The van der Waals surface area contributed by atoms with Crippen molar-refractivity contribution < 1.29 is 0 Å². The summed E-state index contributed by atoms with van der Waals surface area (Å²) in [6, 6.07) is 3.61. The molecule has 3 rings (SSSR count). The fraction of sp³-hybridized carbons (Fsp3) is 0.200. The molecule has 0 aliphatic carbocycles. The predicted molar refractivity (Wildman–Crippen MR) is 84.5 cm³/mol. The molecule has 0 atom stereocenters. The fourth-order valence-electron chi connectivity index (χ4n) is 2.36. The second kappa shape index (κ2) is 5.10. The van der Waals surface area contributed by atoms with Crippen LogP contribution in [0.3, 0.4) is 0 Å². The number of hydrogen-bond acceptors (Lipinski definition) is 5. The van der Waals surface area contributed by atoms with Gasteiger partial charge >= 0.3 is 5.69 Å². The van der Waals surface area contributed by atoms with Gasteiger partial charge in [0.25, 0.3) is 5.56 Å². The van der Waals surface area contributed by atoms with E-state index in [-0.39, 0.29) is 5.56 Å². The molecule has 3 heterocycles. The van der Waals surface area contributed by atoms with E-state index in [9.17, 15) is 9.59 Å². The molecule has 1 N–H and O–H groups in total. The zero-order valence-electron chi connectivity index (χ0n) is 12.5. The van der Waals surface area contributed by atoms with Crippen LogP contribution in [0.15, 0.2) is 40.3 Å². The maximum absolute atomic E-state index is 12.5. The molecule has 0 aliphatic rings. The SMILES string of the molecule is Cc1cnc2c(c1Nc1ccncc1)c(=O)n(C)c(=O)n2C. The molecular weight excluding hydrogens is 282 g/mol. The van der Waals surface area contributed by atoms with Crippen molar-refractivity contribution in [3.8, 4) is 0 Å². The van der Waals surface area contributed by atoms with Gasteiger partial charge < -0.3 is 5.32 Å². The van der Waals surface area contributed by atoms with Crippen LogP contribution < -0.4 is 16.6 Å². The average molecular weight is 297 g/mol. The monoisotopic (exact) mass is 297 g/mol. The number of nitrogens with zero attached hydrogens (tertiary/aromatic N) is 4. The number of pyridine rings is 2. The smallest absolute Gasteiger partial charge is 0.332 e. The van der Waals surface area contributed by atoms with E-state index in [1.807, 2.05) is 6.92 Å². The highest BCUT2D eigenvalue weighted by atomic mass is 16.2. The van der Waals surface area contributed by atoms with Crippen LogP contribution in [0.4, 0.5) is 11.4 Å². The van der Waals surface area contributed by atoms with Gasteiger partial charge in [0.1, 0.15) is 5.39 Å².